The molecule has 0 spiro atoms. The maximum Gasteiger partial charge on any atom is 0.256 e. The zero-order chi connectivity index (χ0) is 20.8. The van der Waals surface area contributed by atoms with Crippen molar-refractivity contribution in [2.75, 3.05) is 44.8 Å². The third-order valence-electron chi connectivity index (χ3n) is 5.28. The lowest BCUT2D eigenvalue weighted by molar-refractivity contribution is 0.0303. The molecule has 2 heterocycles. The van der Waals surface area contributed by atoms with Gasteiger partial charge in [0.25, 0.3) is 11.8 Å². The minimum atomic E-state index is -0.275. The fourth-order valence-corrected chi connectivity index (χ4v) is 3.58. The van der Waals surface area contributed by atoms with Gasteiger partial charge >= 0.3 is 0 Å². The summed E-state index contributed by atoms with van der Waals surface area (Å²) in [7, 11) is 0. The Hall–Kier alpha value is -2.90. The predicted octanol–water partition coefficient (Wildman–Crippen LogP) is 2.97. The lowest BCUT2D eigenvalue weighted by Gasteiger charge is -2.27. The number of para-hydroxylation sites is 1. The zero-order valence-corrected chi connectivity index (χ0v) is 16.8. The van der Waals surface area contributed by atoms with Gasteiger partial charge in [0, 0.05) is 25.3 Å². The van der Waals surface area contributed by atoms with Gasteiger partial charge in [-0.25, -0.2) is 0 Å². The van der Waals surface area contributed by atoms with Crippen molar-refractivity contribution in [3.05, 3.63) is 59.7 Å². The molecule has 2 aliphatic rings. The van der Waals surface area contributed by atoms with E-state index in [0.29, 0.717) is 55.5 Å². The van der Waals surface area contributed by atoms with Crippen LogP contribution in [0.2, 0.25) is 0 Å². The molecule has 0 aromatic heterocycles. The second-order valence-corrected chi connectivity index (χ2v) is 7.37. The molecule has 0 saturated carbocycles. The van der Waals surface area contributed by atoms with Crippen LogP contribution in [0, 0.1) is 0 Å². The molecule has 2 fully saturated rings. The average Bonchev–Trinajstić information content (AvgIpc) is 3.32. The quantitative estimate of drug-likeness (QED) is 0.792. The molecule has 158 valence electrons. The Labute approximate surface area is 175 Å². The van der Waals surface area contributed by atoms with Gasteiger partial charge in [-0.2, -0.15) is 0 Å². The summed E-state index contributed by atoms with van der Waals surface area (Å²) in [6.07, 6.45) is 2.24. The average molecular weight is 410 g/mol. The summed E-state index contributed by atoms with van der Waals surface area (Å²) in [5, 5.41) is 2.86. The van der Waals surface area contributed by atoms with Crippen LogP contribution in [0.25, 0.3) is 0 Å². The molecule has 0 bridgehead atoms. The first kappa shape index (κ1) is 20.4. The summed E-state index contributed by atoms with van der Waals surface area (Å²) in [5.74, 6) is 0.319. The number of benzene rings is 2. The monoisotopic (exact) mass is 410 g/mol. The zero-order valence-electron chi connectivity index (χ0n) is 16.8. The lowest BCUT2D eigenvalue weighted by Crippen LogP contribution is -2.41. The van der Waals surface area contributed by atoms with Crippen LogP contribution in [0.4, 0.5) is 5.69 Å². The molecule has 1 atom stereocenters. The topological polar surface area (TPSA) is 77.1 Å². The third kappa shape index (κ3) is 4.98. The first-order valence-corrected chi connectivity index (χ1v) is 10.3. The summed E-state index contributed by atoms with van der Waals surface area (Å²) >= 11 is 0. The van der Waals surface area contributed by atoms with E-state index in [2.05, 4.69) is 5.32 Å². The predicted molar refractivity (Wildman–Crippen MR) is 112 cm³/mol. The molecular formula is C23H26N2O5. The van der Waals surface area contributed by atoms with Gasteiger partial charge in [-0.05, 0) is 49.2 Å². The van der Waals surface area contributed by atoms with Crippen LogP contribution in [0.15, 0.2) is 48.5 Å². The standard InChI is InChI=1S/C23H26N2O5/c26-22(17-7-9-18(10-8-17)30-16-19-4-3-13-29-19)24-21-6-2-1-5-20(21)23(27)25-11-14-28-15-12-25/h1-2,5-10,19H,3-4,11-16H2,(H,24,26)/t19-/m0/s1. The number of anilines is 1. The van der Waals surface area contributed by atoms with Gasteiger partial charge in [-0.1, -0.05) is 12.1 Å². The highest BCUT2D eigenvalue weighted by Crippen LogP contribution is 2.21. The number of morpholine rings is 1. The molecule has 2 aromatic rings. The second kappa shape index (κ2) is 9.73. The van der Waals surface area contributed by atoms with Crippen LogP contribution < -0.4 is 10.1 Å². The Kier molecular flexibility index (Phi) is 6.61. The molecule has 0 aliphatic carbocycles. The first-order chi connectivity index (χ1) is 14.7. The second-order valence-electron chi connectivity index (χ2n) is 7.37. The Morgan fingerprint density at radius 3 is 2.53 bits per heavy atom. The summed E-state index contributed by atoms with van der Waals surface area (Å²) < 4.78 is 16.6. The third-order valence-corrected chi connectivity index (χ3v) is 5.28. The maximum absolute atomic E-state index is 12.9. The summed E-state index contributed by atoms with van der Waals surface area (Å²) in [5.41, 5.74) is 1.47. The number of ether oxygens (including phenoxy) is 3. The van der Waals surface area contributed by atoms with Crippen molar-refractivity contribution >= 4 is 17.5 Å². The van der Waals surface area contributed by atoms with Gasteiger partial charge in [-0.15, -0.1) is 0 Å². The molecule has 2 aliphatic heterocycles. The van der Waals surface area contributed by atoms with E-state index in [0.717, 1.165) is 19.4 Å². The van der Waals surface area contributed by atoms with Crippen LogP contribution in [0.1, 0.15) is 33.6 Å². The van der Waals surface area contributed by atoms with Gasteiger partial charge in [0.15, 0.2) is 0 Å². The molecule has 4 rings (SSSR count). The van der Waals surface area contributed by atoms with Crippen molar-refractivity contribution in [2.45, 2.75) is 18.9 Å². The van der Waals surface area contributed by atoms with Gasteiger partial charge in [-0.3, -0.25) is 9.59 Å². The number of carbonyl (C=O) groups is 2. The van der Waals surface area contributed by atoms with E-state index in [1.807, 2.05) is 0 Å². The number of carbonyl (C=O) groups excluding carboxylic acids is 2. The summed E-state index contributed by atoms with van der Waals surface area (Å²) in [4.78, 5) is 27.3. The number of hydrogen-bond acceptors (Lipinski definition) is 5. The Morgan fingerprint density at radius 1 is 1.03 bits per heavy atom. The van der Waals surface area contributed by atoms with Crippen molar-refractivity contribution in [2.24, 2.45) is 0 Å². The number of nitrogens with zero attached hydrogens (tertiary/aromatic N) is 1. The number of rotatable bonds is 6. The van der Waals surface area contributed by atoms with Crippen LogP contribution in [0.3, 0.4) is 0 Å². The first-order valence-electron chi connectivity index (χ1n) is 10.3. The number of hydrogen-bond donors (Lipinski definition) is 1. The highest BCUT2D eigenvalue weighted by atomic mass is 16.5. The van der Waals surface area contributed by atoms with Crippen molar-refractivity contribution < 1.29 is 23.8 Å². The van der Waals surface area contributed by atoms with E-state index in [9.17, 15) is 9.59 Å². The van der Waals surface area contributed by atoms with E-state index in [-0.39, 0.29) is 17.9 Å². The molecule has 7 heteroatoms. The molecule has 0 unspecified atom stereocenters. The van der Waals surface area contributed by atoms with E-state index in [1.165, 1.54) is 0 Å². The molecule has 2 amide bonds. The van der Waals surface area contributed by atoms with E-state index >= 15 is 0 Å². The molecule has 2 aromatic carbocycles. The molecule has 2 saturated heterocycles. The largest absolute Gasteiger partial charge is 0.491 e. The van der Waals surface area contributed by atoms with Crippen molar-refractivity contribution in [3.63, 3.8) is 0 Å². The van der Waals surface area contributed by atoms with Crippen molar-refractivity contribution in [1.29, 1.82) is 0 Å². The van der Waals surface area contributed by atoms with E-state index in [1.54, 1.807) is 53.4 Å². The van der Waals surface area contributed by atoms with Gasteiger partial charge in [0.05, 0.1) is 30.6 Å². The highest BCUT2D eigenvalue weighted by Gasteiger charge is 2.22. The van der Waals surface area contributed by atoms with Gasteiger partial charge < -0.3 is 24.4 Å². The van der Waals surface area contributed by atoms with Gasteiger partial charge in [0.1, 0.15) is 12.4 Å². The Balaban J connectivity index is 1.39. The maximum atomic E-state index is 12.9. The summed E-state index contributed by atoms with van der Waals surface area (Å²) in [6, 6.07) is 14.0. The van der Waals surface area contributed by atoms with Crippen LogP contribution in [0.5, 0.6) is 5.75 Å². The SMILES string of the molecule is O=C(Nc1ccccc1C(=O)N1CCOCC1)c1ccc(OC[C@@H]2CCCO2)cc1. The minimum absolute atomic E-state index is 0.105. The molecule has 30 heavy (non-hydrogen) atoms. The fourth-order valence-electron chi connectivity index (χ4n) is 3.58. The molecule has 1 N–H and O–H groups in total. The van der Waals surface area contributed by atoms with Gasteiger partial charge in [0.2, 0.25) is 0 Å². The van der Waals surface area contributed by atoms with Crippen LogP contribution in [-0.2, 0) is 9.47 Å². The molecule has 0 radical (unpaired) electrons. The highest BCUT2D eigenvalue weighted by molar-refractivity contribution is 6.09. The van der Waals surface area contributed by atoms with E-state index in [4.69, 9.17) is 14.2 Å². The van der Waals surface area contributed by atoms with Crippen molar-refractivity contribution in [3.8, 4) is 5.75 Å². The van der Waals surface area contributed by atoms with Crippen LogP contribution in [-0.4, -0.2) is 62.3 Å². The van der Waals surface area contributed by atoms with E-state index < -0.39 is 0 Å². The molecular weight excluding hydrogens is 384 g/mol. The normalized spacial score (nSPS) is 18.8. The smallest absolute Gasteiger partial charge is 0.256 e. The lowest BCUT2D eigenvalue weighted by atomic mass is 10.1. The Morgan fingerprint density at radius 2 is 1.80 bits per heavy atom. The minimum Gasteiger partial charge on any atom is -0.491 e. The van der Waals surface area contributed by atoms with Crippen LogP contribution >= 0.6 is 0 Å². The molecule has 7 nitrogen and oxygen atoms in total. The van der Waals surface area contributed by atoms with Crippen molar-refractivity contribution in [1.82, 2.24) is 4.90 Å². The summed E-state index contributed by atoms with van der Waals surface area (Å²) in [6.45, 7) is 3.47. The fraction of sp³-hybridized carbons (Fsp3) is 0.391. The number of amides is 2. The Bertz CT molecular complexity index is 871. The number of nitrogens with one attached hydrogen (secondary N) is 1.